The lowest BCUT2D eigenvalue weighted by molar-refractivity contribution is 0.113. The lowest BCUT2D eigenvalue weighted by atomic mass is 9.88. The second-order valence-corrected chi connectivity index (χ2v) is 3.75. The summed E-state index contributed by atoms with van der Waals surface area (Å²) in [5.74, 6) is -0.323. The molecule has 0 saturated heterocycles. The molecule has 0 aliphatic heterocycles. The third-order valence-corrected chi connectivity index (χ3v) is 2.32. The standard InChI is InChI=1S/C12H15NO/c1-9(2)12(14)11(8-13)10-6-4-3-5-7-10/h3-7,9,11-12,14H,1-2H3/t11-,12-/m1/s1. The van der Waals surface area contributed by atoms with E-state index in [0.717, 1.165) is 5.56 Å². The zero-order chi connectivity index (χ0) is 10.6. The first kappa shape index (κ1) is 10.7. The predicted molar refractivity (Wildman–Crippen MR) is 55.6 cm³/mol. The van der Waals surface area contributed by atoms with Crippen molar-refractivity contribution in [2.45, 2.75) is 25.9 Å². The Morgan fingerprint density at radius 1 is 1.21 bits per heavy atom. The number of hydrogen-bond acceptors (Lipinski definition) is 2. The van der Waals surface area contributed by atoms with Crippen molar-refractivity contribution in [2.75, 3.05) is 0 Å². The molecule has 0 spiro atoms. The third kappa shape index (κ3) is 2.34. The Morgan fingerprint density at radius 2 is 1.79 bits per heavy atom. The normalized spacial score (nSPS) is 14.8. The molecule has 14 heavy (non-hydrogen) atoms. The van der Waals surface area contributed by atoms with Crippen LogP contribution in [0.3, 0.4) is 0 Å². The van der Waals surface area contributed by atoms with Crippen LogP contribution in [-0.4, -0.2) is 11.2 Å². The van der Waals surface area contributed by atoms with E-state index >= 15 is 0 Å². The largest absolute Gasteiger partial charge is 0.391 e. The van der Waals surface area contributed by atoms with Crippen molar-refractivity contribution >= 4 is 0 Å². The number of benzene rings is 1. The maximum Gasteiger partial charge on any atom is 0.0974 e. The summed E-state index contributed by atoms with van der Waals surface area (Å²) in [6.45, 7) is 3.83. The van der Waals surface area contributed by atoms with E-state index in [9.17, 15) is 5.11 Å². The van der Waals surface area contributed by atoms with Crippen LogP contribution in [0.4, 0.5) is 0 Å². The van der Waals surface area contributed by atoms with Crippen molar-refractivity contribution in [3.05, 3.63) is 35.9 Å². The van der Waals surface area contributed by atoms with Gasteiger partial charge in [0.1, 0.15) is 0 Å². The molecule has 2 nitrogen and oxygen atoms in total. The molecule has 74 valence electrons. The van der Waals surface area contributed by atoms with Gasteiger partial charge in [-0.3, -0.25) is 0 Å². The van der Waals surface area contributed by atoms with Crippen molar-refractivity contribution < 1.29 is 5.11 Å². The Labute approximate surface area is 84.8 Å². The van der Waals surface area contributed by atoms with Crippen LogP contribution in [0.25, 0.3) is 0 Å². The monoisotopic (exact) mass is 189 g/mol. The van der Waals surface area contributed by atoms with E-state index in [-0.39, 0.29) is 5.92 Å². The minimum Gasteiger partial charge on any atom is -0.391 e. The van der Waals surface area contributed by atoms with Gasteiger partial charge in [0, 0.05) is 0 Å². The Bertz CT molecular complexity index is 313. The first-order valence-corrected chi connectivity index (χ1v) is 4.79. The van der Waals surface area contributed by atoms with E-state index < -0.39 is 12.0 Å². The van der Waals surface area contributed by atoms with Gasteiger partial charge in [0.25, 0.3) is 0 Å². The van der Waals surface area contributed by atoms with Crippen molar-refractivity contribution in [2.24, 2.45) is 5.92 Å². The highest BCUT2D eigenvalue weighted by Gasteiger charge is 2.23. The molecule has 0 unspecified atom stereocenters. The van der Waals surface area contributed by atoms with E-state index in [4.69, 9.17) is 5.26 Å². The third-order valence-electron chi connectivity index (χ3n) is 2.32. The molecule has 0 saturated carbocycles. The number of nitrogens with zero attached hydrogens (tertiary/aromatic N) is 1. The van der Waals surface area contributed by atoms with Gasteiger partial charge < -0.3 is 5.11 Å². The van der Waals surface area contributed by atoms with Crippen molar-refractivity contribution in [3.63, 3.8) is 0 Å². The molecule has 2 heteroatoms. The highest BCUT2D eigenvalue weighted by molar-refractivity contribution is 5.26. The summed E-state index contributed by atoms with van der Waals surface area (Å²) >= 11 is 0. The molecule has 1 rings (SSSR count). The molecule has 0 bridgehead atoms. The van der Waals surface area contributed by atoms with Crippen LogP contribution in [0, 0.1) is 17.2 Å². The van der Waals surface area contributed by atoms with Gasteiger partial charge in [-0.2, -0.15) is 5.26 Å². The second kappa shape index (κ2) is 4.78. The molecular weight excluding hydrogens is 174 g/mol. The van der Waals surface area contributed by atoms with E-state index in [2.05, 4.69) is 6.07 Å². The van der Waals surface area contributed by atoms with Gasteiger partial charge in [0.2, 0.25) is 0 Å². The molecular formula is C12H15NO. The molecule has 0 radical (unpaired) electrons. The lowest BCUT2D eigenvalue weighted by Crippen LogP contribution is -2.23. The number of hydrogen-bond donors (Lipinski definition) is 1. The summed E-state index contributed by atoms with van der Waals surface area (Å²) in [4.78, 5) is 0. The van der Waals surface area contributed by atoms with Gasteiger partial charge in [-0.05, 0) is 11.5 Å². The topological polar surface area (TPSA) is 44.0 Å². The average Bonchev–Trinajstić information content (AvgIpc) is 2.20. The molecule has 0 fully saturated rings. The van der Waals surface area contributed by atoms with Crippen molar-refractivity contribution in [3.8, 4) is 6.07 Å². The molecule has 2 atom stereocenters. The van der Waals surface area contributed by atoms with Crippen LogP contribution in [0.1, 0.15) is 25.3 Å². The Morgan fingerprint density at radius 3 is 2.21 bits per heavy atom. The molecule has 0 heterocycles. The highest BCUT2D eigenvalue weighted by Crippen LogP contribution is 2.23. The summed E-state index contributed by atoms with van der Waals surface area (Å²) in [6, 6.07) is 11.6. The summed E-state index contributed by atoms with van der Waals surface area (Å²) in [7, 11) is 0. The molecule has 1 aromatic rings. The van der Waals surface area contributed by atoms with E-state index in [0.29, 0.717) is 0 Å². The highest BCUT2D eigenvalue weighted by atomic mass is 16.3. The van der Waals surface area contributed by atoms with Crippen LogP contribution in [-0.2, 0) is 0 Å². The van der Waals surface area contributed by atoms with Crippen LogP contribution in [0.15, 0.2) is 30.3 Å². The van der Waals surface area contributed by atoms with Gasteiger partial charge in [0.15, 0.2) is 0 Å². The molecule has 0 amide bonds. The zero-order valence-electron chi connectivity index (χ0n) is 8.51. The van der Waals surface area contributed by atoms with Crippen LogP contribution >= 0.6 is 0 Å². The molecule has 0 aliphatic carbocycles. The summed E-state index contributed by atoms with van der Waals surface area (Å²) < 4.78 is 0. The number of aliphatic hydroxyl groups is 1. The van der Waals surface area contributed by atoms with Crippen molar-refractivity contribution in [1.29, 1.82) is 5.26 Å². The van der Waals surface area contributed by atoms with Crippen LogP contribution in [0.5, 0.6) is 0 Å². The minimum atomic E-state index is -0.595. The van der Waals surface area contributed by atoms with Crippen molar-refractivity contribution in [1.82, 2.24) is 0 Å². The van der Waals surface area contributed by atoms with Gasteiger partial charge in [-0.15, -0.1) is 0 Å². The van der Waals surface area contributed by atoms with Gasteiger partial charge >= 0.3 is 0 Å². The fourth-order valence-corrected chi connectivity index (χ4v) is 1.39. The van der Waals surface area contributed by atoms with E-state index in [1.165, 1.54) is 0 Å². The Kier molecular flexibility index (Phi) is 3.67. The molecule has 1 N–H and O–H groups in total. The predicted octanol–water partition coefficient (Wildman–Crippen LogP) is 2.31. The summed E-state index contributed by atoms with van der Waals surface area (Å²) in [6.07, 6.45) is -0.595. The SMILES string of the molecule is CC(C)[C@@H](O)[C@H](C#N)c1ccccc1. The fourth-order valence-electron chi connectivity index (χ4n) is 1.39. The number of aliphatic hydroxyl groups excluding tert-OH is 1. The van der Waals surface area contributed by atoms with Gasteiger partial charge in [0.05, 0.1) is 18.1 Å². The first-order valence-electron chi connectivity index (χ1n) is 4.79. The summed E-state index contributed by atoms with van der Waals surface area (Å²) in [5.41, 5.74) is 0.885. The van der Waals surface area contributed by atoms with E-state index in [1.807, 2.05) is 44.2 Å². The van der Waals surface area contributed by atoms with Crippen LogP contribution in [0.2, 0.25) is 0 Å². The van der Waals surface area contributed by atoms with Gasteiger partial charge in [-0.1, -0.05) is 44.2 Å². The van der Waals surface area contributed by atoms with Crippen LogP contribution < -0.4 is 0 Å². The fraction of sp³-hybridized carbons (Fsp3) is 0.417. The smallest absolute Gasteiger partial charge is 0.0974 e. The maximum atomic E-state index is 9.82. The molecule has 0 aromatic heterocycles. The maximum absolute atomic E-state index is 9.82. The molecule has 1 aromatic carbocycles. The minimum absolute atomic E-state index is 0.0971. The van der Waals surface area contributed by atoms with Gasteiger partial charge in [-0.25, -0.2) is 0 Å². The Balaban J connectivity index is 2.89. The number of rotatable bonds is 3. The quantitative estimate of drug-likeness (QED) is 0.793. The average molecular weight is 189 g/mol. The van der Waals surface area contributed by atoms with E-state index in [1.54, 1.807) is 0 Å². The molecule has 0 aliphatic rings. The second-order valence-electron chi connectivity index (χ2n) is 3.75. The summed E-state index contributed by atoms with van der Waals surface area (Å²) in [5, 5.41) is 18.8. The Hall–Kier alpha value is -1.33. The number of nitriles is 1. The zero-order valence-corrected chi connectivity index (χ0v) is 8.51. The lowest BCUT2D eigenvalue weighted by Gasteiger charge is -2.20. The first-order chi connectivity index (χ1) is 6.66.